The fourth-order valence-corrected chi connectivity index (χ4v) is 2.83. The summed E-state index contributed by atoms with van der Waals surface area (Å²) in [4.78, 5) is 17.4. The van der Waals surface area contributed by atoms with Gasteiger partial charge in [0.2, 0.25) is 5.89 Å². The Labute approximate surface area is 134 Å². The zero-order valence-corrected chi connectivity index (χ0v) is 12.7. The number of esters is 1. The Morgan fingerprint density at radius 2 is 2.25 bits per heavy atom. The number of β-amino-alcohol motifs (C(OH)–C–C–N with tert-alkyl or cyclic N) is 1. The molecule has 0 spiro atoms. The third-order valence-corrected chi connectivity index (χ3v) is 3.95. The maximum Gasteiger partial charge on any atom is 0.416 e. The number of aliphatic hydroxyl groups is 1. The number of methoxy groups -OCH3 is 1. The van der Waals surface area contributed by atoms with Crippen LogP contribution in [-0.2, 0) is 22.3 Å². The second kappa shape index (κ2) is 6.06. The van der Waals surface area contributed by atoms with Gasteiger partial charge in [0.05, 0.1) is 25.3 Å². The maximum absolute atomic E-state index is 12.7. The van der Waals surface area contributed by atoms with Crippen molar-refractivity contribution in [2.24, 2.45) is 0 Å². The molecular formula is C15H15F3N2O4. The Kier molecular flexibility index (Phi) is 4.22. The summed E-state index contributed by atoms with van der Waals surface area (Å²) in [6.45, 7) is 0.319. The molecule has 2 aromatic rings. The van der Waals surface area contributed by atoms with E-state index in [0.717, 1.165) is 12.1 Å². The molecule has 1 aliphatic heterocycles. The van der Waals surface area contributed by atoms with Gasteiger partial charge in [-0.05, 0) is 18.2 Å². The molecule has 130 valence electrons. The van der Waals surface area contributed by atoms with Crippen LogP contribution in [0.25, 0.3) is 11.1 Å². The summed E-state index contributed by atoms with van der Waals surface area (Å²) in [7, 11) is 1.25. The number of carbonyl (C=O) groups excluding carboxylic acids is 1. The molecule has 0 radical (unpaired) electrons. The Morgan fingerprint density at radius 1 is 1.50 bits per heavy atom. The first kappa shape index (κ1) is 16.7. The number of alkyl halides is 3. The van der Waals surface area contributed by atoms with Crippen LogP contribution in [0.1, 0.15) is 17.9 Å². The fraction of sp³-hybridized carbons (Fsp3) is 0.467. The minimum absolute atomic E-state index is 0.0901. The third-order valence-electron chi connectivity index (χ3n) is 3.95. The molecule has 9 heteroatoms. The molecule has 0 aliphatic carbocycles. The summed E-state index contributed by atoms with van der Waals surface area (Å²) in [5, 5.41) is 9.73. The lowest BCUT2D eigenvalue weighted by molar-refractivity contribution is -0.146. The molecule has 6 nitrogen and oxygen atoms in total. The summed E-state index contributed by atoms with van der Waals surface area (Å²) in [6.07, 6.45) is -4.91. The highest BCUT2D eigenvalue weighted by atomic mass is 19.4. The van der Waals surface area contributed by atoms with Crippen molar-refractivity contribution in [3.05, 3.63) is 29.7 Å². The fourth-order valence-electron chi connectivity index (χ4n) is 2.83. The smallest absolute Gasteiger partial charge is 0.416 e. The Morgan fingerprint density at radius 3 is 2.92 bits per heavy atom. The molecule has 1 N–H and O–H groups in total. The predicted molar refractivity (Wildman–Crippen MR) is 75.8 cm³/mol. The molecule has 24 heavy (non-hydrogen) atoms. The van der Waals surface area contributed by atoms with Gasteiger partial charge in [0.1, 0.15) is 11.6 Å². The molecule has 0 saturated carbocycles. The highest BCUT2D eigenvalue weighted by Gasteiger charge is 2.37. The van der Waals surface area contributed by atoms with Crippen LogP contribution in [-0.4, -0.2) is 46.8 Å². The van der Waals surface area contributed by atoms with Crippen LogP contribution in [0, 0.1) is 0 Å². The average molecular weight is 344 g/mol. The molecule has 2 unspecified atom stereocenters. The number of oxazole rings is 1. The Hall–Kier alpha value is -2.13. The van der Waals surface area contributed by atoms with Crippen LogP contribution in [0.15, 0.2) is 22.6 Å². The van der Waals surface area contributed by atoms with E-state index >= 15 is 0 Å². The molecule has 2 atom stereocenters. The van der Waals surface area contributed by atoms with E-state index in [2.05, 4.69) is 4.98 Å². The molecule has 0 bridgehead atoms. The Bertz CT molecular complexity index is 759. The van der Waals surface area contributed by atoms with Crippen molar-refractivity contribution in [1.29, 1.82) is 0 Å². The number of carbonyl (C=O) groups is 1. The van der Waals surface area contributed by atoms with Gasteiger partial charge in [-0.25, -0.2) is 4.98 Å². The molecule has 1 aliphatic rings. The van der Waals surface area contributed by atoms with Crippen LogP contribution in [0.3, 0.4) is 0 Å². The molecule has 3 rings (SSSR count). The van der Waals surface area contributed by atoms with Crippen LogP contribution in [0.5, 0.6) is 0 Å². The van der Waals surface area contributed by atoms with E-state index in [-0.39, 0.29) is 36.5 Å². The van der Waals surface area contributed by atoms with Gasteiger partial charge in [0.25, 0.3) is 0 Å². The average Bonchev–Trinajstić information content (AvgIpc) is 3.07. The molecule has 2 heterocycles. The molecule has 1 aromatic carbocycles. The number of likely N-dealkylation sites (tertiary alicyclic amines) is 1. The number of halogens is 3. The largest absolute Gasteiger partial charge is 0.468 e. The van der Waals surface area contributed by atoms with Gasteiger partial charge >= 0.3 is 12.1 Å². The van der Waals surface area contributed by atoms with Crippen LogP contribution >= 0.6 is 0 Å². The van der Waals surface area contributed by atoms with Gasteiger partial charge in [-0.15, -0.1) is 0 Å². The summed E-state index contributed by atoms with van der Waals surface area (Å²) < 4.78 is 48.3. The van der Waals surface area contributed by atoms with Gasteiger partial charge in [0.15, 0.2) is 5.58 Å². The van der Waals surface area contributed by atoms with Gasteiger partial charge in [0, 0.05) is 13.0 Å². The van der Waals surface area contributed by atoms with Crippen LogP contribution in [0.4, 0.5) is 13.2 Å². The molecule has 1 aromatic heterocycles. The van der Waals surface area contributed by atoms with Crippen molar-refractivity contribution in [3.63, 3.8) is 0 Å². The number of hydrogen-bond acceptors (Lipinski definition) is 6. The number of nitrogens with zero attached hydrogens (tertiary/aromatic N) is 2. The van der Waals surface area contributed by atoms with Gasteiger partial charge in [-0.3, -0.25) is 9.69 Å². The van der Waals surface area contributed by atoms with Gasteiger partial charge in [-0.2, -0.15) is 13.2 Å². The third kappa shape index (κ3) is 3.22. The standard InChI is InChI=1S/C15H15F3N2O4/c1-23-14(22)11-5-9(21)6-20(11)7-13-19-10-4-8(15(16,17)18)2-3-12(10)24-13/h2-4,9,11,21H,5-7H2,1H3. The number of benzene rings is 1. The van der Waals surface area contributed by atoms with Crippen molar-refractivity contribution >= 4 is 17.1 Å². The molecule has 1 fully saturated rings. The van der Waals surface area contributed by atoms with Crippen molar-refractivity contribution in [3.8, 4) is 0 Å². The Balaban J connectivity index is 1.83. The van der Waals surface area contributed by atoms with E-state index in [9.17, 15) is 23.1 Å². The van der Waals surface area contributed by atoms with E-state index in [0.29, 0.717) is 0 Å². The van der Waals surface area contributed by atoms with Crippen LogP contribution < -0.4 is 0 Å². The number of fused-ring (bicyclic) bond motifs is 1. The SMILES string of the molecule is COC(=O)C1CC(O)CN1Cc1nc2cc(C(F)(F)F)ccc2o1. The van der Waals surface area contributed by atoms with Crippen LogP contribution in [0.2, 0.25) is 0 Å². The zero-order valence-electron chi connectivity index (χ0n) is 12.7. The summed E-state index contributed by atoms with van der Waals surface area (Å²) in [5.41, 5.74) is -0.486. The number of aromatic nitrogens is 1. The quantitative estimate of drug-likeness (QED) is 0.858. The zero-order chi connectivity index (χ0) is 17.5. The topological polar surface area (TPSA) is 75.8 Å². The summed E-state index contributed by atoms with van der Waals surface area (Å²) in [5.74, 6) is -0.311. The second-order valence-electron chi connectivity index (χ2n) is 5.65. The van der Waals surface area contributed by atoms with Gasteiger partial charge < -0.3 is 14.3 Å². The lowest BCUT2D eigenvalue weighted by Gasteiger charge is -2.19. The normalized spacial score (nSPS) is 22.2. The van der Waals surface area contributed by atoms with E-state index in [1.165, 1.54) is 13.2 Å². The number of aliphatic hydroxyl groups excluding tert-OH is 1. The lowest BCUT2D eigenvalue weighted by Crippen LogP contribution is -2.36. The summed E-state index contributed by atoms with van der Waals surface area (Å²) >= 11 is 0. The minimum atomic E-state index is -4.46. The van der Waals surface area contributed by atoms with Crippen molar-refractivity contribution < 1.29 is 32.2 Å². The van der Waals surface area contributed by atoms with E-state index < -0.39 is 29.9 Å². The molecule has 0 amide bonds. The highest BCUT2D eigenvalue weighted by molar-refractivity contribution is 5.76. The number of rotatable bonds is 3. The predicted octanol–water partition coefficient (Wildman–Crippen LogP) is 1.95. The van der Waals surface area contributed by atoms with Crippen molar-refractivity contribution in [1.82, 2.24) is 9.88 Å². The second-order valence-corrected chi connectivity index (χ2v) is 5.65. The van der Waals surface area contributed by atoms with Crippen molar-refractivity contribution in [2.45, 2.75) is 31.3 Å². The van der Waals surface area contributed by atoms with E-state index in [1.54, 1.807) is 4.90 Å². The number of hydrogen-bond donors (Lipinski definition) is 1. The first-order chi connectivity index (χ1) is 11.3. The number of ether oxygens (including phenoxy) is 1. The first-order valence-electron chi connectivity index (χ1n) is 7.24. The maximum atomic E-state index is 12.7. The first-order valence-corrected chi connectivity index (χ1v) is 7.24. The molecule has 1 saturated heterocycles. The molecular weight excluding hydrogens is 329 g/mol. The monoisotopic (exact) mass is 344 g/mol. The summed E-state index contributed by atoms with van der Waals surface area (Å²) in [6, 6.07) is 2.42. The van der Waals surface area contributed by atoms with E-state index in [1.807, 2.05) is 0 Å². The van der Waals surface area contributed by atoms with Gasteiger partial charge in [-0.1, -0.05) is 0 Å². The minimum Gasteiger partial charge on any atom is -0.468 e. The lowest BCUT2D eigenvalue weighted by atomic mass is 10.2. The van der Waals surface area contributed by atoms with E-state index in [4.69, 9.17) is 9.15 Å². The highest BCUT2D eigenvalue weighted by Crippen LogP contribution is 2.32. The van der Waals surface area contributed by atoms with Crippen molar-refractivity contribution in [2.75, 3.05) is 13.7 Å².